The predicted octanol–water partition coefficient (Wildman–Crippen LogP) is 1.30. The van der Waals surface area contributed by atoms with Crippen molar-refractivity contribution in [1.82, 2.24) is 9.80 Å². The number of amides is 2. The standard InChI is InChI=1S/C22H31N3O3/c23-19-13-17(5-6-20(19)26)22(28)24-10-8-16(9-11-24)21(27)25-12-7-15-3-1-2-4-18(15)14-25/h1-4,16-17,19-20,26H,5-14,23H2/t17-,19+,20+/m0/s1. The van der Waals surface area contributed by atoms with Crippen molar-refractivity contribution in [3.05, 3.63) is 35.4 Å². The number of hydrogen-bond donors (Lipinski definition) is 2. The number of hydrogen-bond acceptors (Lipinski definition) is 4. The Morgan fingerprint density at radius 3 is 2.29 bits per heavy atom. The number of nitrogens with zero attached hydrogens (tertiary/aromatic N) is 2. The Labute approximate surface area is 166 Å². The van der Waals surface area contributed by atoms with Crippen molar-refractivity contribution in [2.24, 2.45) is 17.6 Å². The van der Waals surface area contributed by atoms with Crippen molar-refractivity contribution in [3.63, 3.8) is 0 Å². The summed E-state index contributed by atoms with van der Waals surface area (Å²) in [5, 5.41) is 9.78. The van der Waals surface area contributed by atoms with Gasteiger partial charge >= 0.3 is 0 Å². The number of piperidine rings is 1. The molecule has 152 valence electrons. The Morgan fingerprint density at radius 2 is 1.57 bits per heavy atom. The third kappa shape index (κ3) is 3.94. The maximum Gasteiger partial charge on any atom is 0.226 e. The van der Waals surface area contributed by atoms with Crippen molar-refractivity contribution in [2.45, 2.75) is 57.2 Å². The first-order valence-corrected chi connectivity index (χ1v) is 10.6. The lowest BCUT2D eigenvalue weighted by Gasteiger charge is -2.38. The third-order valence-electron chi connectivity index (χ3n) is 6.81. The van der Waals surface area contributed by atoms with Crippen molar-refractivity contribution in [2.75, 3.05) is 19.6 Å². The maximum atomic E-state index is 13.0. The molecular formula is C22H31N3O3. The minimum atomic E-state index is -0.484. The van der Waals surface area contributed by atoms with Gasteiger partial charge in [-0.25, -0.2) is 0 Å². The molecule has 3 aliphatic rings. The van der Waals surface area contributed by atoms with Gasteiger partial charge < -0.3 is 20.6 Å². The molecule has 3 N–H and O–H groups in total. The van der Waals surface area contributed by atoms with Crippen LogP contribution in [0.4, 0.5) is 0 Å². The average Bonchev–Trinajstić information content (AvgIpc) is 2.74. The van der Waals surface area contributed by atoms with Gasteiger partial charge in [-0.1, -0.05) is 24.3 Å². The Bertz CT molecular complexity index is 729. The monoisotopic (exact) mass is 385 g/mol. The number of benzene rings is 1. The summed E-state index contributed by atoms with van der Waals surface area (Å²) in [4.78, 5) is 29.7. The zero-order valence-electron chi connectivity index (χ0n) is 16.4. The largest absolute Gasteiger partial charge is 0.392 e. The van der Waals surface area contributed by atoms with Crippen LogP contribution in [-0.2, 0) is 22.6 Å². The molecule has 1 aliphatic carbocycles. The van der Waals surface area contributed by atoms with Crippen molar-refractivity contribution in [3.8, 4) is 0 Å². The molecule has 2 fully saturated rings. The van der Waals surface area contributed by atoms with Crippen LogP contribution in [0.2, 0.25) is 0 Å². The predicted molar refractivity (Wildman–Crippen MR) is 106 cm³/mol. The van der Waals surface area contributed by atoms with Gasteiger partial charge in [0.25, 0.3) is 0 Å². The quantitative estimate of drug-likeness (QED) is 0.803. The van der Waals surface area contributed by atoms with Gasteiger partial charge in [-0.15, -0.1) is 0 Å². The number of aliphatic hydroxyl groups excluding tert-OH is 1. The first-order valence-electron chi connectivity index (χ1n) is 10.6. The van der Waals surface area contributed by atoms with E-state index in [1.54, 1.807) is 0 Å². The van der Waals surface area contributed by atoms with Gasteiger partial charge in [0, 0.05) is 44.1 Å². The van der Waals surface area contributed by atoms with Crippen molar-refractivity contribution in [1.29, 1.82) is 0 Å². The van der Waals surface area contributed by atoms with Gasteiger partial charge in [-0.05, 0) is 49.7 Å². The number of aliphatic hydroxyl groups is 1. The minimum Gasteiger partial charge on any atom is -0.392 e. The Morgan fingerprint density at radius 1 is 0.893 bits per heavy atom. The van der Waals surface area contributed by atoms with Gasteiger partial charge in [0.15, 0.2) is 0 Å². The number of fused-ring (bicyclic) bond motifs is 1. The second-order valence-corrected chi connectivity index (χ2v) is 8.62. The molecule has 2 heterocycles. The van der Waals surface area contributed by atoms with E-state index in [2.05, 4.69) is 18.2 Å². The van der Waals surface area contributed by atoms with Crippen LogP contribution in [0, 0.1) is 11.8 Å². The number of nitrogens with two attached hydrogens (primary N) is 1. The smallest absolute Gasteiger partial charge is 0.226 e. The summed E-state index contributed by atoms with van der Waals surface area (Å²) in [7, 11) is 0. The molecule has 4 rings (SSSR count). The van der Waals surface area contributed by atoms with Crippen LogP contribution in [-0.4, -0.2) is 58.5 Å². The molecule has 1 saturated heterocycles. The van der Waals surface area contributed by atoms with Crippen LogP contribution in [0.3, 0.4) is 0 Å². The Hall–Kier alpha value is -1.92. The van der Waals surface area contributed by atoms with E-state index in [-0.39, 0.29) is 29.7 Å². The van der Waals surface area contributed by atoms with Gasteiger partial charge in [-0.3, -0.25) is 9.59 Å². The molecule has 2 aliphatic heterocycles. The van der Waals surface area contributed by atoms with Gasteiger partial charge in [0.2, 0.25) is 11.8 Å². The second-order valence-electron chi connectivity index (χ2n) is 8.62. The van der Waals surface area contributed by atoms with E-state index >= 15 is 0 Å². The Kier molecular flexibility index (Phi) is 5.69. The van der Waals surface area contributed by atoms with E-state index in [0.717, 1.165) is 25.8 Å². The van der Waals surface area contributed by atoms with E-state index in [9.17, 15) is 14.7 Å². The molecule has 2 amide bonds. The summed E-state index contributed by atoms with van der Waals surface area (Å²) in [6.45, 7) is 2.79. The minimum absolute atomic E-state index is 0.0183. The fourth-order valence-corrected chi connectivity index (χ4v) is 4.96. The van der Waals surface area contributed by atoms with Crippen LogP contribution in [0.25, 0.3) is 0 Å². The summed E-state index contributed by atoms with van der Waals surface area (Å²) in [5.74, 6) is 0.332. The highest BCUT2D eigenvalue weighted by Gasteiger charge is 2.36. The highest BCUT2D eigenvalue weighted by Crippen LogP contribution is 2.29. The lowest BCUT2D eigenvalue weighted by Crippen LogP contribution is -2.49. The van der Waals surface area contributed by atoms with Crippen LogP contribution >= 0.6 is 0 Å². The van der Waals surface area contributed by atoms with Crippen LogP contribution in [0.15, 0.2) is 24.3 Å². The lowest BCUT2D eigenvalue weighted by molar-refractivity contribution is -0.144. The number of carbonyl (C=O) groups excluding carboxylic acids is 2. The summed E-state index contributed by atoms with van der Waals surface area (Å²) in [6.07, 6.45) is 3.79. The highest BCUT2D eigenvalue weighted by atomic mass is 16.3. The van der Waals surface area contributed by atoms with Crippen LogP contribution < -0.4 is 5.73 Å². The fourth-order valence-electron chi connectivity index (χ4n) is 4.96. The average molecular weight is 386 g/mol. The molecule has 1 aromatic carbocycles. The molecule has 6 heteroatoms. The summed E-state index contributed by atoms with van der Waals surface area (Å²) in [6, 6.07) is 8.05. The molecule has 0 unspecified atom stereocenters. The zero-order valence-corrected chi connectivity index (χ0v) is 16.4. The third-order valence-corrected chi connectivity index (χ3v) is 6.81. The molecule has 1 saturated carbocycles. The van der Waals surface area contributed by atoms with Crippen molar-refractivity contribution < 1.29 is 14.7 Å². The number of likely N-dealkylation sites (tertiary alicyclic amines) is 1. The fraction of sp³-hybridized carbons (Fsp3) is 0.636. The van der Waals surface area contributed by atoms with Crippen molar-refractivity contribution >= 4 is 11.8 Å². The molecule has 3 atom stereocenters. The SMILES string of the molecule is N[C@@H]1C[C@@H](C(=O)N2CCC(C(=O)N3CCc4ccccc4C3)CC2)CC[C@H]1O. The molecule has 0 radical (unpaired) electrons. The van der Waals surface area contributed by atoms with E-state index < -0.39 is 6.10 Å². The summed E-state index contributed by atoms with van der Waals surface area (Å²) in [5.41, 5.74) is 8.55. The number of rotatable bonds is 2. The Balaban J connectivity index is 1.29. The number of carbonyl (C=O) groups is 2. The maximum absolute atomic E-state index is 13.0. The van der Waals surface area contributed by atoms with Crippen LogP contribution in [0.5, 0.6) is 0 Å². The molecule has 1 aromatic rings. The molecule has 0 spiro atoms. The summed E-state index contributed by atoms with van der Waals surface area (Å²) >= 11 is 0. The molecule has 6 nitrogen and oxygen atoms in total. The first-order chi connectivity index (χ1) is 13.5. The zero-order chi connectivity index (χ0) is 19.7. The van der Waals surface area contributed by atoms with Crippen LogP contribution in [0.1, 0.15) is 43.2 Å². The highest BCUT2D eigenvalue weighted by molar-refractivity contribution is 5.81. The van der Waals surface area contributed by atoms with E-state index in [1.165, 1.54) is 11.1 Å². The molecule has 0 aromatic heterocycles. The lowest BCUT2D eigenvalue weighted by atomic mass is 9.83. The van der Waals surface area contributed by atoms with E-state index in [0.29, 0.717) is 38.9 Å². The second kappa shape index (κ2) is 8.21. The van der Waals surface area contributed by atoms with Gasteiger partial charge in [0.05, 0.1) is 6.10 Å². The molecule has 28 heavy (non-hydrogen) atoms. The molecule has 0 bridgehead atoms. The molecular weight excluding hydrogens is 354 g/mol. The summed E-state index contributed by atoms with van der Waals surface area (Å²) < 4.78 is 0. The topological polar surface area (TPSA) is 86.9 Å². The normalized spacial score (nSPS) is 28.7. The van der Waals surface area contributed by atoms with E-state index in [4.69, 9.17) is 5.73 Å². The van der Waals surface area contributed by atoms with Gasteiger partial charge in [-0.2, -0.15) is 0 Å². The van der Waals surface area contributed by atoms with Gasteiger partial charge in [0.1, 0.15) is 0 Å². The van der Waals surface area contributed by atoms with E-state index in [1.807, 2.05) is 15.9 Å². The first kappa shape index (κ1) is 19.4.